The van der Waals surface area contributed by atoms with Crippen LogP contribution in [0.15, 0.2) is 42.5 Å². The minimum atomic E-state index is -0.954. The summed E-state index contributed by atoms with van der Waals surface area (Å²) < 4.78 is 0. The lowest BCUT2D eigenvalue weighted by Crippen LogP contribution is -2.47. The van der Waals surface area contributed by atoms with Crippen LogP contribution in [0, 0.1) is 80.0 Å². The van der Waals surface area contributed by atoms with Crippen LogP contribution >= 0.6 is 0 Å². The Morgan fingerprint density at radius 2 is 1.11 bits per heavy atom. The summed E-state index contributed by atoms with van der Waals surface area (Å²) in [6, 6.07) is 13.0. The van der Waals surface area contributed by atoms with Crippen LogP contribution in [0.4, 0.5) is 0 Å². The standard InChI is InChI=1S/C38H39NO7/c1-15-7-10-21(11-8-15)27-33(41)18(4)25(35(27)43)28-23-14-24(31-30(23)37(45)39(20(6)40)38(31)46)29(28)26-19(5)34(42)32(36(26)44)22-12-9-16(2)13-17(22)3/h7-13,18-19,23-32H,14H2,1-6H3. The second-order valence-electron chi connectivity index (χ2n) is 14.7. The molecule has 2 bridgehead atoms. The molecule has 4 saturated carbocycles. The summed E-state index contributed by atoms with van der Waals surface area (Å²) in [7, 11) is 0. The van der Waals surface area contributed by atoms with Gasteiger partial charge in [0.2, 0.25) is 17.7 Å². The third kappa shape index (κ3) is 4.00. The number of hydrogen-bond donors (Lipinski definition) is 0. The van der Waals surface area contributed by atoms with Crippen molar-refractivity contribution in [3.63, 3.8) is 0 Å². The number of aryl methyl sites for hydroxylation is 3. The van der Waals surface area contributed by atoms with Crippen molar-refractivity contribution in [3.8, 4) is 0 Å². The highest BCUT2D eigenvalue weighted by atomic mass is 16.2. The summed E-state index contributed by atoms with van der Waals surface area (Å²) in [5, 5.41) is 0. The van der Waals surface area contributed by atoms with Gasteiger partial charge in [-0.15, -0.1) is 0 Å². The Bertz CT molecular complexity index is 1760. The average molecular weight is 622 g/mol. The van der Waals surface area contributed by atoms with Crippen LogP contribution in [0.1, 0.15) is 66.8 Å². The lowest BCUT2D eigenvalue weighted by atomic mass is 9.58. The minimum absolute atomic E-state index is 0.182. The van der Waals surface area contributed by atoms with Gasteiger partial charge < -0.3 is 0 Å². The van der Waals surface area contributed by atoms with Gasteiger partial charge in [-0.05, 0) is 67.6 Å². The van der Waals surface area contributed by atoms with E-state index in [4.69, 9.17) is 0 Å². The number of rotatable bonds is 4. The topological polar surface area (TPSA) is 123 Å². The summed E-state index contributed by atoms with van der Waals surface area (Å²) in [4.78, 5) is 97.3. The number of carbonyl (C=O) groups is 7. The Labute approximate surface area is 268 Å². The Morgan fingerprint density at radius 3 is 1.61 bits per heavy atom. The summed E-state index contributed by atoms with van der Waals surface area (Å²) in [6.45, 7) is 10.5. The van der Waals surface area contributed by atoms with E-state index in [-0.39, 0.29) is 23.1 Å². The van der Waals surface area contributed by atoms with E-state index in [0.29, 0.717) is 17.5 Å². The molecule has 1 saturated heterocycles. The zero-order valence-electron chi connectivity index (χ0n) is 27.0. The molecular formula is C38H39NO7. The molecule has 1 aliphatic heterocycles. The minimum Gasteiger partial charge on any atom is -0.298 e. The van der Waals surface area contributed by atoms with E-state index >= 15 is 0 Å². The Kier molecular flexibility index (Phi) is 6.96. The highest BCUT2D eigenvalue weighted by Crippen LogP contribution is 2.68. The van der Waals surface area contributed by atoms with Gasteiger partial charge >= 0.3 is 0 Å². The second kappa shape index (κ2) is 10.5. The van der Waals surface area contributed by atoms with Gasteiger partial charge in [-0.3, -0.25) is 33.6 Å². The van der Waals surface area contributed by atoms with Crippen molar-refractivity contribution >= 4 is 40.9 Å². The molecule has 0 radical (unpaired) electrons. The maximum Gasteiger partial charge on any atom is 0.240 e. The van der Waals surface area contributed by atoms with E-state index in [9.17, 15) is 33.6 Å². The van der Waals surface area contributed by atoms with E-state index in [1.807, 2.05) is 51.1 Å². The van der Waals surface area contributed by atoms with E-state index < -0.39 is 88.7 Å². The van der Waals surface area contributed by atoms with E-state index in [1.165, 1.54) is 6.92 Å². The zero-order valence-corrected chi connectivity index (χ0v) is 27.0. The summed E-state index contributed by atoms with van der Waals surface area (Å²) in [5.74, 6) is -11.0. The van der Waals surface area contributed by atoms with Crippen molar-refractivity contribution in [2.45, 2.75) is 59.8 Å². The Hall–Kier alpha value is -4.07. The van der Waals surface area contributed by atoms with Crippen molar-refractivity contribution in [2.24, 2.45) is 59.2 Å². The number of Topliss-reactive ketones (excluding diaryl/α,β-unsaturated/α-hetero) is 4. The van der Waals surface area contributed by atoms with Crippen LogP contribution in [0.2, 0.25) is 0 Å². The summed E-state index contributed by atoms with van der Waals surface area (Å²) in [5.41, 5.74) is 4.16. The number of benzene rings is 2. The van der Waals surface area contributed by atoms with Gasteiger partial charge in [0.05, 0.1) is 11.8 Å². The molecule has 5 aliphatic rings. The monoisotopic (exact) mass is 621 g/mol. The predicted molar refractivity (Wildman–Crippen MR) is 166 cm³/mol. The molecule has 8 heteroatoms. The normalized spacial score (nSPS) is 38.4. The first-order valence-corrected chi connectivity index (χ1v) is 16.4. The van der Waals surface area contributed by atoms with Crippen molar-refractivity contribution in [3.05, 3.63) is 70.3 Å². The third-order valence-electron chi connectivity index (χ3n) is 12.4. The molecule has 3 amide bonds. The number of nitrogens with zero attached hydrogens (tertiary/aromatic N) is 1. The second-order valence-corrected chi connectivity index (χ2v) is 14.7. The van der Waals surface area contributed by atoms with E-state index in [0.717, 1.165) is 21.6 Å². The van der Waals surface area contributed by atoms with E-state index in [1.54, 1.807) is 26.0 Å². The first-order valence-electron chi connectivity index (χ1n) is 16.4. The first kappa shape index (κ1) is 30.6. The van der Waals surface area contributed by atoms with Gasteiger partial charge in [-0.2, -0.15) is 0 Å². The molecule has 8 nitrogen and oxygen atoms in total. The van der Waals surface area contributed by atoms with Crippen LogP contribution in [0.25, 0.3) is 0 Å². The van der Waals surface area contributed by atoms with Crippen molar-refractivity contribution in [1.29, 1.82) is 0 Å². The fourth-order valence-electron chi connectivity index (χ4n) is 10.5. The molecule has 1 heterocycles. The number of ketones is 4. The number of imide groups is 3. The lowest BCUT2D eigenvalue weighted by Gasteiger charge is -2.43. The van der Waals surface area contributed by atoms with Gasteiger partial charge in [-0.1, -0.05) is 67.4 Å². The van der Waals surface area contributed by atoms with Gasteiger partial charge in [0.15, 0.2) is 23.1 Å². The highest BCUT2D eigenvalue weighted by Gasteiger charge is 2.73. The highest BCUT2D eigenvalue weighted by molar-refractivity contribution is 6.19. The molecule has 46 heavy (non-hydrogen) atoms. The Balaban J connectivity index is 1.34. The number of hydrogen-bond acceptors (Lipinski definition) is 7. The fourth-order valence-corrected chi connectivity index (χ4v) is 10.5. The molecule has 7 rings (SSSR count). The van der Waals surface area contributed by atoms with Gasteiger partial charge in [0.25, 0.3) is 0 Å². The fraction of sp³-hybridized carbons (Fsp3) is 0.500. The molecule has 2 aromatic rings. The number of likely N-dealkylation sites (tertiary alicyclic amines) is 1. The molecule has 0 spiro atoms. The van der Waals surface area contributed by atoms with Crippen LogP contribution < -0.4 is 0 Å². The largest absolute Gasteiger partial charge is 0.298 e. The van der Waals surface area contributed by atoms with Crippen molar-refractivity contribution < 1.29 is 33.6 Å². The molecule has 0 aromatic heterocycles. The van der Waals surface area contributed by atoms with Gasteiger partial charge in [0.1, 0.15) is 11.8 Å². The molecule has 238 valence electrons. The van der Waals surface area contributed by atoms with Crippen molar-refractivity contribution in [2.75, 3.05) is 0 Å². The summed E-state index contributed by atoms with van der Waals surface area (Å²) in [6.07, 6.45) is 0.437. The number of carbonyl (C=O) groups excluding carboxylic acids is 7. The molecule has 0 N–H and O–H groups in total. The van der Waals surface area contributed by atoms with Crippen LogP contribution in [-0.4, -0.2) is 45.8 Å². The van der Waals surface area contributed by atoms with Crippen LogP contribution in [0.5, 0.6) is 0 Å². The third-order valence-corrected chi connectivity index (χ3v) is 12.4. The molecule has 12 atom stereocenters. The number of amides is 3. The molecule has 2 aromatic carbocycles. The van der Waals surface area contributed by atoms with Crippen LogP contribution in [-0.2, 0) is 33.6 Å². The van der Waals surface area contributed by atoms with Gasteiger partial charge in [0, 0.05) is 30.6 Å². The van der Waals surface area contributed by atoms with E-state index in [2.05, 4.69) is 0 Å². The number of fused-ring (bicyclic) bond motifs is 5. The average Bonchev–Trinajstić information content (AvgIpc) is 3.73. The first-order chi connectivity index (χ1) is 21.8. The van der Waals surface area contributed by atoms with Crippen LogP contribution in [0.3, 0.4) is 0 Å². The van der Waals surface area contributed by atoms with Gasteiger partial charge in [-0.25, -0.2) is 4.90 Å². The Morgan fingerprint density at radius 1 is 0.630 bits per heavy atom. The zero-order chi connectivity index (χ0) is 33.1. The molecule has 12 unspecified atom stereocenters. The SMILES string of the molecule is CC(=O)N1C(=O)C2C3CC(C2C1=O)C(C1C(=O)C(c2ccc(C)cc2C)C(=O)C1C)C3C1C(=O)C(c2ccc(C)cc2)C(=O)C1C. The quantitative estimate of drug-likeness (QED) is 0.368. The summed E-state index contributed by atoms with van der Waals surface area (Å²) >= 11 is 0. The smallest absolute Gasteiger partial charge is 0.240 e. The van der Waals surface area contributed by atoms with Crippen molar-refractivity contribution in [1.82, 2.24) is 4.90 Å². The molecule has 5 fully saturated rings. The molecule has 4 aliphatic carbocycles. The predicted octanol–water partition coefficient (Wildman–Crippen LogP) is 4.32. The maximum absolute atomic E-state index is 14.6. The maximum atomic E-state index is 14.6. The molecular weight excluding hydrogens is 582 g/mol. The lowest BCUT2D eigenvalue weighted by molar-refractivity contribution is -0.150.